The maximum atomic E-state index is 11.3. The molecular weight excluding hydrogens is 248 g/mol. The van der Waals surface area contributed by atoms with E-state index in [0.717, 1.165) is 23.5 Å². The Bertz CT molecular complexity index is 404. The summed E-state index contributed by atoms with van der Waals surface area (Å²) in [7, 11) is 1.64. The van der Waals surface area contributed by atoms with Crippen LogP contribution in [0.3, 0.4) is 0 Å². The molecule has 1 aromatic carbocycles. The predicted octanol–water partition coefficient (Wildman–Crippen LogP) is 1.39. The number of carbonyl (C=O) groups is 1. The topological polar surface area (TPSA) is 64.3 Å². The second-order valence-electron chi connectivity index (χ2n) is 4.38. The van der Waals surface area contributed by atoms with Crippen molar-refractivity contribution in [2.24, 2.45) is 5.73 Å². The van der Waals surface area contributed by atoms with Gasteiger partial charge in [0.1, 0.15) is 5.75 Å². The number of rotatable bonds is 7. The Kier molecular flexibility index (Phi) is 4.49. The van der Waals surface area contributed by atoms with E-state index in [-0.39, 0.29) is 11.9 Å². The summed E-state index contributed by atoms with van der Waals surface area (Å²) in [4.78, 5) is 12.4. The van der Waals surface area contributed by atoms with Crippen LogP contribution in [0.4, 0.5) is 0 Å². The molecule has 1 saturated carbocycles. The van der Waals surface area contributed by atoms with E-state index in [4.69, 9.17) is 10.5 Å². The quantitative estimate of drug-likeness (QED) is 0.732. The Balaban J connectivity index is 1.85. The fourth-order valence-corrected chi connectivity index (χ4v) is 2.55. The second-order valence-corrected chi connectivity index (χ2v) is 5.48. The van der Waals surface area contributed by atoms with Crippen LogP contribution in [0.1, 0.15) is 12.8 Å². The van der Waals surface area contributed by atoms with E-state index in [1.807, 2.05) is 24.3 Å². The van der Waals surface area contributed by atoms with Gasteiger partial charge in [0.15, 0.2) is 0 Å². The molecule has 4 nitrogen and oxygen atoms in total. The monoisotopic (exact) mass is 266 g/mol. The largest absolute Gasteiger partial charge is 0.497 e. The highest BCUT2D eigenvalue weighted by molar-refractivity contribution is 7.99. The molecule has 0 aliphatic heterocycles. The summed E-state index contributed by atoms with van der Waals surface area (Å²) in [5.74, 6) is 1.22. The molecule has 1 fully saturated rings. The van der Waals surface area contributed by atoms with E-state index in [1.54, 1.807) is 18.9 Å². The average molecular weight is 266 g/mol. The summed E-state index contributed by atoms with van der Waals surface area (Å²) >= 11 is 1.63. The molecule has 98 valence electrons. The van der Waals surface area contributed by atoms with E-state index in [1.165, 1.54) is 0 Å². The van der Waals surface area contributed by atoms with Gasteiger partial charge in [-0.05, 0) is 37.1 Å². The van der Waals surface area contributed by atoms with Crippen molar-refractivity contribution in [3.8, 4) is 5.75 Å². The molecule has 0 heterocycles. The number of carbonyl (C=O) groups excluding carboxylic acids is 1. The Morgan fingerprint density at radius 1 is 1.50 bits per heavy atom. The molecule has 0 spiro atoms. The van der Waals surface area contributed by atoms with Gasteiger partial charge in [-0.25, -0.2) is 0 Å². The first kappa shape index (κ1) is 13.2. The van der Waals surface area contributed by atoms with Gasteiger partial charge in [0.05, 0.1) is 13.2 Å². The van der Waals surface area contributed by atoms with Gasteiger partial charge in [0, 0.05) is 16.7 Å². The molecule has 2 rings (SSSR count). The Labute approximate surface area is 111 Å². The first-order chi connectivity index (χ1) is 8.69. The van der Waals surface area contributed by atoms with Gasteiger partial charge in [-0.15, -0.1) is 11.8 Å². The number of benzene rings is 1. The standard InChI is InChI=1S/C13H18N2O2S/c1-17-10-4-6-11(7-5-10)18-8-12(13(14)16)15-9-2-3-9/h4-7,9,12,15H,2-3,8H2,1H3,(H2,14,16). The zero-order chi connectivity index (χ0) is 13.0. The summed E-state index contributed by atoms with van der Waals surface area (Å²) in [6, 6.07) is 8.03. The summed E-state index contributed by atoms with van der Waals surface area (Å²) in [5, 5.41) is 3.26. The molecule has 1 atom stereocenters. The number of ether oxygens (including phenoxy) is 1. The Morgan fingerprint density at radius 3 is 2.67 bits per heavy atom. The number of hydrogen-bond acceptors (Lipinski definition) is 4. The van der Waals surface area contributed by atoms with Crippen molar-refractivity contribution >= 4 is 17.7 Å². The number of primary amides is 1. The zero-order valence-corrected chi connectivity index (χ0v) is 11.2. The molecule has 0 saturated heterocycles. The van der Waals surface area contributed by atoms with Crippen LogP contribution in [0.25, 0.3) is 0 Å². The molecule has 0 bridgehead atoms. The van der Waals surface area contributed by atoms with Crippen molar-refractivity contribution < 1.29 is 9.53 Å². The van der Waals surface area contributed by atoms with Gasteiger partial charge in [-0.3, -0.25) is 4.79 Å². The van der Waals surface area contributed by atoms with Crippen LogP contribution in [0.5, 0.6) is 5.75 Å². The molecule has 1 aliphatic carbocycles. The number of amides is 1. The Morgan fingerprint density at radius 2 is 2.17 bits per heavy atom. The molecule has 1 aliphatic rings. The summed E-state index contributed by atoms with van der Waals surface area (Å²) in [5.41, 5.74) is 5.39. The summed E-state index contributed by atoms with van der Waals surface area (Å²) in [6.45, 7) is 0. The minimum absolute atomic E-state index is 0.246. The highest BCUT2D eigenvalue weighted by Gasteiger charge is 2.27. The lowest BCUT2D eigenvalue weighted by Crippen LogP contribution is -2.44. The highest BCUT2D eigenvalue weighted by Crippen LogP contribution is 2.24. The fourth-order valence-electron chi connectivity index (χ4n) is 1.60. The van der Waals surface area contributed by atoms with Crippen LogP contribution in [-0.2, 0) is 4.79 Å². The number of hydrogen-bond donors (Lipinski definition) is 2. The fraction of sp³-hybridized carbons (Fsp3) is 0.462. The number of thioether (sulfide) groups is 1. The van der Waals surface area contributed by atoms with Crippen molar-refractivity contribution in [3.63, 3.8) is 0 Å². The normalized spacial score (nSPS) is 16.3. The van der Waals surface area contributed by atoms with Gasteiger partial charge in [0.2, 0.25) is 5.91 Å². The van der Waals surface area contributed by atoms with Crippen LogP contribution in [0.2, 0.25) is 0 Å². The average Bonchev–Trinajstić information content (AvgIpc) is 3.18. The molecule has 1 aromatic rings. The first-order valence-corrected chi connectivity index (χ1v) is 7.00. The molecule has 5 heteroatoms. The zero-order valence-electron chi connectivity index (χ0n) is 10.4. The molecule has 1 unspecified atom stereocenters. The van der Waals surface area contributed by atoms with Gasteiger partial charge in [0.25, 0.3) is 0 Å². The predicted molar refractivity (Wildman–Crippen MR) is 72.9 cm³/mol. The Hall–Kier alpha value is -1.20. The third-order valence-electron chi connectivity index (χ3n) is 2.83. The highest BCUT2D eigenvalue weighted by atomic mass is 32.2. The van der Waals surface area contributed by atoms with Gasteiger partial charge >= 0.3 is 0 Å². The smallest absolute Gasteiger partial charge is 0.235 e. The van der Waals surface area contributed by atoms with E-state index < -0.39 is 0 Å². The van der Waals surface area contributed by atoms with E-state index >= 15 is 0 Å². The van der Waals surface area contributed by atoms with E-state index in [9.17, 15) is 4.79 Å². The molecule has 3 N–H and O–H groups in total. The van der Waals surface area contributed by atoms with Crippen molar-refractivity contribution in [2.45, 2.75) is 29.8 Å². The summed E-state index contributed by atoms with van der Waals surface area (Å²) < 4.78 is 5.10. The van der Waals surface area contributed by atoms with Gasteiger partial charge in [-0.2, -0.15) is 0 Å². The van der Waals surface area contributed by atoms with Crippen LogP contribution in [-0.4, -0.2) is 30.9 Å². The van der Waals surface area contributed by atoms with Crippen molar-refractivity contribution in [2.75, 3.05) is 12.9 Å². The van der Waals surface area contributed by atoms with E-state index in [0.29, 0.717) is 11.8 Å². The van der Waals surface area contributed by atoms with Crippen LogP contribution in [0.15, 0.2) is 29.2 Å². The maximum Gasteiger partial charge on any atom is 0.235 e. The minimum atomic E-state index is -0.275. The summed E-state index contributed by atoms with van der Waals surface area (Å²) in [6.07, 6.45) is 2.30. The molecule has 18 heavy (non-hydrogen) atoms. The van der Waals surface area contributed by atoms with E-state index in [2.05, 4.69) is 5.32 Å². The molecule has 0 aromatic heterocycles. The lowest BCUT2D eigenvalue weighted by molar-refractivity contribution is -0.119. The number of nitrogens with one attached hydrogen (secondary N) is 1. The molecule has 1 amide bonds. The first-order valence-electron chi connectivity index (χ1n) is 6.01. The van der Waals surface area contributed by atoms with Gasteiger partial charge < -0.3 is 15.8 Å². The van der Waals surface area contributed by atoms with Crippen molar-refractivity contribution in [1.82, 2.24) is 5.32 Å². The number of methoxy groups -OCH3 is 1. The van der Waals surface area contributed by atoms with Crippen LogP contribution >= 0.6 is 11.8 Å². The SMILES string of the molecule is COc1ccc(SCC(NC2CC2)C(N)=O)cc1. The second kappa shape index (κ2) is 6.11. The third kappa shape index (κ3) is 3.92. The van der Waals surface area contributed by atoms with Crippen LogP contribution in [0, 0.1) is 0 Å². The van der Waals surface area contributed by atoms with Crippen LogP contribution < -0.4 is 15.8 Å². The molecular formula is C13H18N2O2S. The minimum Gasteiger partial charge on any atom is -0.497 e. The van der Waals surface area contributed by atoms with Gasteiger partial charge in [-0.1, -0.05) is 0 Å². The lowest BCUT2D eigenvalue weighted by Gasteiger charge is -2.14. The van der Waals surface area contributed by atoms with Crippen molar-refractivity contribution in [3.05, 3.63) is 24.3 Å². The third-order valence-corrected chi connectivity index (χ3v) is 3.94. The number of nitrogens with two attached hydrogens (primary N) is 1. The van der Waals surface area contributed by atoms with Crippen molar-refractivity contribution in [1.29, 1.82) is 0 Å². The maximum absolute atomic E-state index is 11.3. The lowest BCUT2D eigenvalue weighted by atomic mass is 10.3. The molecule has 0 radical (unpaired) electrons.